The molecule has 1 rings (SSSR count). The minimum absolute atomic E-state index is 0.660. The number of nitrogens with one attached hydrogen (secondary N) is 2. The van der Waals surface area contributed by atoms with Gasteiger partial charge in [-0.15, -0.1) is 0 Å². The summed E-state index contributed by atoms with van der Waals surface area (Å²) in [7, 11) is 1.38. The number of urea groups is 1. The molecule has 0 saturated heterocycles. The van der Waals surface area contributed by atoms with Crippen molar-refractivity contribution in [3.63, 3.8) is 0 Å². The Morgan fingerprint density at radius 2 is 2.00 bits per heavy atom. The number of esters is 1. The Hall–Kier alpha value is -2.15. The molecule has 0 saturated carbocycles. The molecule has 3 amide bonds. The molecule has 0 radical (unpaired) electrons. The van der Waals surface area contributed by atoms with Crippen molar-refractivity contribution in [3.8, 4) is 0 Å². The number of carbonyl (C=O) groups excluding carboxylic acids is 3. The van der Waals surface area contributed by atoms with Crippen molar-refractivity contribution in [2.75, 3.05) is 7.05 Å². The largest absolute Gasteiger partial charge is 0.449 e. The average molecular weight is 369 g/mol. The lowest BCUT2D eigenvalue weighted by atomic mass is 10.1. The summed E-state index contributed by atoms with van der Waals surface area (Å²) >= 11 is 3.39. The molecule has 118 valence electrons. The first-order valence-corrected chi connectivity index (χ1v) is 7.30. The number of hydrogen-bond acceptors (Lipinski definition) is 4. The molecular weight excluding hydrogens is 352 g/mol. The Morgan fingerprint density at radius 3 is 2.59 bits per heavy atom. The zero-order valence-electron chi connectivity index (χ0n) is 12.5. The quantitative estimate of drug-likeness (QED) is 0.629. The maximum absolute atomic E-state index is 11.7. The highest BCUT2D eigenvalue weighted by molar-refractivity contribution is 9.10. The fourth-order valence-corrected chi connectivity index (χ4v) is 2.09. The maximum atomic E-state index is 11.7. The van der Waals surface area contributed by atoms with Gasteiger partial charge < -0.3 is 10.1 Å². The Labute approximate surface area is 137 Å². The normalized spacial score (nSPS) is 11.8. The second-order valence-corrected chi connectivity index (χ2v) is 5.36. The summed E-state index contributed by atoms with van der Waals surface area (Å²) in [4.78, 5) is 34.2. The van der Waals surface area contributed by atoms with E-state index in [0.717, 1.165) is 15.6 Å². The van der Waals surface area contributed by atoms with E-state index in [9.17, 15) is 14.4 Å². The third-order valence-corrected chi connectivity index (χ3v) is 3.37. The van der Waals surface area contributed by atoms with E-state index in [1.807, 2.05) is 30.4 Å². The van der Waals surface area contributed by atoms with Gasteiger partial charge in [-0.05, 0) is 37.1 Å². The van der Waals surface area contributed by atoms with E-state index >= 15 is 0 Å². The highest BCUT2D eigenvalue weighted by Crippen LogP contribution is 2.19. The molecule has 0 heterocycles. The van der Waals surface area contributed by atoms with E-state index in [1.54, 1.807) is 6.08 Å². The molecule has 0 bridgehead atoms. The zero-order valence-corrected chi connectivity index (χ0v) is 14.1. The fraction of sp³-hybridized carbons (Fsp3) is 0.267. The van der Waals surface area contributed by atoms with Gasteiger partial charge in [0.25, 0.3) is 5.91 Å². The Morgan fingerprint density at radius 1 is 1.32 bits per heavy atom. The van der Waals surface area contributed by atoms with Crippen LogP contribution in [0.3, 0.4) is 0 Å². The van der Waals surface area contributed by atoms with Crippen LogP contribution in [0.5, 0.6) is 0 Å². The lowest BCUT2D eigenvalue weighted by molar-refractivity contribution is -0.149. The smallest absolute Gasteiger partial charge is 0.331 e. The predicted octanol–water partition coefficient (Wildman–Crippen LogP) is 2.16. The number of rotatable bonds is 4. The zero-order chi connectivity index (χ0) is 16.7. The fourth-order valence-electron chi connectivity index (χ4n) is 1.47. The molecule has 2 N–H and O–H groups in total. The lowest BCUT2D eigenvalue weighted by Crippen LogP contribution is -2.43. The first-order valence-electron chi connectivity index (χ1n) is 6.51. The Bertz CT molecular complexity index is 614. The van der Waals surface area contributed by atoms with Gasteiger partial charge in [0.15, 0.2) is 6.10 Å². The molecule has 6 nitrogen and oxygen atoms in total. The van der Waals surface area contributed by atoms with E-state index in [2.05, 4.69) is 21.2 Å². The summed E-state index contributed by atoms with van der Waals surface area (Å²) in [6, 6.07) is 5.02. The van der Waals surface area contributed by atoms with Gasteiger partial charge in [-0.1, -0.05) is 28.1 Å². The molecule has 1 aromatic carbocycles. The van der Waals surface area contributed by atoms with Crippen LogP contribution >= 0.6 is 15.9 Å². The summed E-state index contributed by atoms with van der Waals surface area (Å²) in [5.41, 5.74) is 1.90. The summed E-state index contributed by atoms with van der Waals surface area (Å²) in [6.07, 6.45) is 1.73. The third-order valence-electron chi connectivity index (χ3n) is 2.68. The van der Waals surface area contributed by atoms with Crippen LogP contribution in [-0.2, 0) is 14.3 Å². The number of imide groups is 1. The Kier molecular flexibility index (Phi) is 6.78. The highest BCUT2D eigenvalue weighted by atomic mass is 79.9. The van der Waals surface area contributed by atoms with Crippen LogP contribution in [0.2, 0.25) is 0 Å². The van der Waals surface area contributed by atoms with Crippen LogP contribution in [0.1, 0.15) is 18.1 Å². The molecule has 0 aromatic heterocycles. The molecule has 0 unspecified atom stereocenters. The van der Waals surface area contributed by atoms with Crippen molar-refractivity contribution in [1.29, 1.82) is 0 Å². The van der Waals surface area contributed by atoms with Gasteiger partial charge >= 0.3 is 12.0 Å². The monoisotopic (exact) mass is 368 g/mol. The number of carbonyl (C=O) groups is 3. The summed E-state index contributed by atoms with van der Waals surface area (Å²) in [5.74, 6) is -1.37. The van der Waals surface area contributed by atoms with Crippen LogP contribution in [-0.4, -0.2) is 31.1 Å². The van der Waals surface area contributed by atoms with Crippen LogP contribution in [0.15, 0.2) is 28.7 Å². The minimum atomic E-state index is -1.07. The molecule has 1 atom stereocenters. The number of benzene rings is 1. The molecule has 7 heteroatoms. The molecule has 1 aromatic rings. The Balaban J connectivity index is 2.60. The van der Waals surface area contributed by atoms with Gasteiger partial charge in [0, 0.05) is 17.6 Å². The number of aryl methyl sites for hydroxylation is 1. The second-order valence-electron chi connectivity index (χ2n) is 4.51. The van der Waals surface area contributed by atoms with Crippen LogP contribution in [0.4, 0.5) is 4.79 Å². The van der Waals surface area contributed by atoms with Gasteiger partial charge in [-0.2, -0.15) is 0 Å². The highest BCUT2D eigenvalue weighted by Gasteiger charge is 2.18. The lowest BCUT2D eigenvalue weighted by Gasteiger charge is -2.11. The van der Waals surface area contributed by atoms with Crippen LogP contribution < -0.4 is 10.6 Å². The topological polar surface area (TPSA) is 84.5 Å². The van der Waals surface area contributed by atoms with Gasteiger partial charge in [-0.3, -0.25) is 10.1 Å². The summed E-state index contributed by atoms with van der Waals surface area (Å²) in [6.45, 7) is 3.34. The van der Waals surface area contributed by atoms with Crippen molar-refractivity contribution < 1.29 is 19.1 Å². The summed E-state index contributed by atoms with van der Waals surface area (Å²) < 4.78 is 5.76. The SMILES string of the molecule is CNC(=O)NC(=O)[C@@H](C)OC(=O)/C=C/c1ccc(C)cc1Br. The molecule has 22 heavy (non-hydrogen) atoms. The van der Waals surface area contributed by atoms with Gasteiger partial charge in [0.1, 0.15) is 0 Å². The van der Waals surface area contributed by atoms with Gasteiger partial charge in [0.05, 0.1) is 0 Å². The molecular formula is C15H17BrN2O4. The average Bonchev–Trinajstić information content (AvgIpc) is 2.45. The molecule has 0 spiro atoms. The number of hydrogen-bond donors (Lipinski definition) is 2. The van der Waals surface area contributed by atoms with Gasteiger partial charge in [-0.25, -0.2) is 9.59 Å². The first kappa shape index (κ1) is 17.9. The third kappa shape index (κ3) is 5.69. The predicted molar refractivity (Wildman–Crippen MR) is 86.1 cm³/mol. The van der Waals surface area contributed by atoms with E-state index in [4.69, 9.17) is 4.74 Å². The second kappa shape index (κ2) is 8.33. The summed E-state index contributed by atoms with van der Waals surface area (Å²) in [5, 5.41) is 4.26. The van der Waals surface area contributed by atoms with E-state index in [0.29, 0.717) is 0 Å². The molecule has 0 aliphatic carbocycles. The van der Waals surface area contributed by atoms with Crippen molar-refractivity contribution >= 4 is 39.9 Å². The maximum Gasteiger partial charge on any atom is 0.331 e. The minimum Gasteiger partial charge on any atom is -0.449 e. The van der Waals surface area contributed by atoms with Crippen molar-refractivity contribution in [2.24, 2.45) is 0 Å². The van der Waals surface area contributed by atoms with Gasteiger partial charge in [0.2, 0.25) is 0 Å². The van der Waals surface area contributed by atoms with Crippen molar-refractivity contribution in [3.05, 3.63) is 39.9 Å². The molecule has 0 aliphatic heterocycles. The first-order chi connectivity index (χ1) is 10.3. The standard InChI is InChI=1S/C15H17BrN2O4/c1-9-4-5-11(12(16)8-9)6-7-13(19)22-10(2)14(20)18-15(21)17-3/h4-8,10H,1-3H3,(H2,17,18,20,21)/b7-6+/t10-/m1/s1. The van der Waals surface area contributed by atoms with E-state index in [1.165, 1.54) is 20.0 Å². The van der Waals surface area contributed by atoms with Crippen molar-refractivity contribution in [1.82, 2.24) is 10.6 Å². The van der Waals surface area contributed by atoms with Crippen LogP contribution in [0.25, 0.3) is 6.08 Å². The number of halogens is 1. The van der Waals surface area contributed by atoms with Crippen LogP contribution in [0, 0.1) is 6.92 Å². The van der Waals surface area contributed by atoms with Crippen molar-refractivity contribution in [2.45, 2.75) is 20.0 Å². The van der Waals surface area contributed by atoms with E-state index in [-0.39, 0.29) is 0 Å². The molecule has 0 aliphatic rings. The number of amides is 3. The number of ether oxygens (including phenoxy) is 1. The molecule has 0 fully saturated rings. The van der Waals surface area contributed by atoms with E-state index < -0.39 is 24.0 Å².